The fraction of sp³-hybridized carbons (Fsp3) is 0.412. The standard InChI is InChI=1S/C17H20SSi/c1-10(2)15-17-14-13(18-15)9-12(11-7-5-6-8-11)16(14)19(17,3)4/h5-7,9-10,14H,8H2,1-4H3. The van der Waals surface area contributed by atoms with Crippen LogP contribution in [0.5, 0.6) is 0 Å². The fourth-order valence-corrected chi connectivity index (χ4v) is 10.4. The van der Waals surface area contributed by atoms with E-state index in [0.717, 1.165) is 12.3 Å². The molecule has 2 heterocycles. The van der Waals surface area contributed by atoms with Gasteiger partial charge in [-0.3, -0.25) is 0 Å². The van der Waals surface area contributed by atoms with Crippen LogP contribution in [0.4, 0.5) is 0 Å². The first-order chi connectivity index (χ1) is 9.01. The van der Waals surface area contributed by atoms with E-state index >= 15 is 0 Å². The summed E-state index contributed by atoms with van der Waals surface area (Å²) in [7, 11) is -1.31. The highest BCUT2D eigenvalue weighted by Crippen LogP contribution is 2.67. The predicted molar refractivity (Wildman–Crippen MR) is 87.4 cm³/mol. The van der Waals surface area contributed by atoms with E-state index in [-0.39, 0.29) is 0 Å². The Bertz CT molecular complexity index is 638. The van der Waals surface area contributed by atoms with Crippen molar-refractivity contribution in [2.75, 3.05) is 0 Å². The first-order valence-corrected chi connectivity index (χ1v) is 11.1. The maximum Gasteiger partial charge on any atom is 0.107 e. The summed E-state index contributed by atoms with van der Waals surface area (Å²) in [5.41, 5.74) is 3.17. The molecule has 98 valence electrons. The minimum Gasteiger partial charge on any atom is -0.0982 e. The van der Waals surface area contributed by atoms with Gasteiger partial charge >= 0.3 is 0 Å². The van der Waals surface area contributed by atoms with Crippen molar-refractivity contribution in [1.29, 1.82) is 0 Å². The van der Waals surface area contributed by atoms with Gasteiger partial charge in [0.2, 0.25) is 0 Å². The van der Waals surface area contributed by atoms with Crippen molar-refractivity contribution in [2.45, 2.75) is 33.4 Å². The van der Waals surface area contributed by atoms with E-state index in [1.165, 1.54) is 0 Å². The van der Waals surface area contributed by atoms with Gasteiger partial charge in [0.15, 0.2) is 0 Å². The molecular weight excluding hydrogens is 264 g/mol. The van der Waals surface area contributed by atoms with Gasteiger partial charge in [0.25, 0.3) is 0 Å². The highest BCUT2D eigenvalue weighted by atomic mass is 32.2. The molecule has 4 aliphatic rings. The van der Waals surface area contributed by atoms with Gasteiger partial charge in [-0.2, -0.15) is 0 Å². The van der Waals surface area contributed by atoms with E-state index in [0.29, 0.717) is 5.92 Å². The molecule has 2 aliphatic heterocycles. The lowest BCUT2D eigenvalue weighted by atomic mass is 10.0. The van der Waals surface area contributed by atoms with Crippen LogP contribution >= 0.6 is 11.8 Å². The van der Waals surface area contributed by atoms with Crippen LogP contribution in [0.25, 0.3) is 0 Å². The van der Waals surface area contributed by atoms with Gasteiger partial charge in [0, 0.05) is 10.8 Å². The third-order valence-electron chi connectivity index (χ3n) is 4.92. The van der Waals surface area contributed by atoms with Crippen molar-refractivity contribution < 1.29 is 0 Å². The van der Waals surface area contributed by atoms with Gasteiger partial charge in [-0.25, -0.2) is 0 Å². The number of hydrogen-bond donors (Lipinski definition) is 0. The van der Waals surface area contributed by atoms with Gasteiger partial charge < -0.3 is 0 Å². The molecule has 0 aromatic rings. The molecule has 0 aromatic carbocycles. The zero-order chi connectivity index (χ0) is 13.4. The Morgan fingerprint density at radius 3 is 2.68 bits per heavy atom. The van der Waals surface area contributed by atoms with Gasteiger partial charge in [-0.15, -0.1) is 0 Å². The summed E-state index contributed by atoms with van der Waals surface area (Å²) in [4.78, 5) is 3.33. The predicted octanol–water partition coefficient (Wildman–Crippen LogP) is 5.14. The lowest BCUT2D eigenvalue weighted by Gasteiger charge is -2.45. The van der Waals surface area contributed by atoms with Crippen LogP contribution in [-0.2, 0) is 0 Å². The molecule has 0 N–H and O–H groups in total. The van der Waals surface area contributed by atoms with Crippen LogP contribution in [0.1, 0.15) is 20.3 Å². The normalized spacial score (nSPS) is 30.1. The summed E-state index contributed by atoms with van der Waals surface area (Å²) >= 11 is 2.09. The molecule has 0 spiro atoms. The molecule has 0 nitrogen and oxygen atoms in total. The number of thioether (sulfide) groups is 1. The monoisotopic (exact) mass is 284 g/mol. The lowest BCUT2D eigenvalue weighted by molar-refractivity contribution is 0.793. The Balaban J connectivity index is 1.85. The average molecular weight is 284 g/mol. The summed E-state index contributed by atoms with van der Waals surface area (Å²) < 4.78 is 0. The summed E-state index contributed by atoms with van der Waals surface area (Å²) in [5.74, 6) is 1.43. The Labute approximate surface area is 121 Å². The molecule has 1 fully saturated rings. The summed E-state index contributed by atoms with van der Waals surface area (Å²) in [6.07, 6.45) is 10.5. The van der Waals surface area contributed by atoms with Crippen LogP contribution in [0.15, 0.2) is 55.7 Å². The molecule has 19 heavy (non-hydrogen) atoms. The molecular formula is C17H20SSi. The van der Waals surface area contributed by atoms with E-state index in [4.69, 9.17) is 0 Å². The number of hydrogen-bond acceptors (Lipinski definition) is 1. The molecule has 0 radical (unpaired) electrons. The van der Waals surface area contributed by atoms with Gasteiger partial charge in [-0.1, -0.05) is 67.3 Å². The van der Waals surface area contributed by atoms with Crippen molar-refractivity contribution in [3.8, 4) is 0 Å². The van der Waals surface area contributed by atoms with Crippen molar-refractivity contribution >= 4 is 19.8 Å². The highest BCUT2D eigenvalue weighted by molar-refractivity contribution is 8.07. The summed E-state index contributed by atoms with van der Waals surface area (Å²) in [6.45, 7) is 9.82. The Morgan fingerprint density at radius 1 is 1.26 bits per heavy atom. The summed E-state index contributed by atoms with van der Waals surface area (Å²) in [5, 5.41) is 3.69. The van der Waals surface area contributed by atoms with E-state index in [2.05, 4.69) is 63.0 Å². The third kappa shape index (κ3) is 1.37. The molecule has 4 rings (SSSR count). The van der Waals surface area contributed by atoms with Crippen molar-refractivity contribution in [1.82, 2.24) is 0 Å². The Hall–Kier alpha value is -0.733. The first-order valence-electron chi connectivity index (χ1n) is 7.26. The Kier molecular flexibility index (Phi) is 2.33. The SMILES string of the molecule is CC(C)C1=C2C3C(=CC(C4=CC=CC4)=C3[Si]2(C)C)S1. The van der Waals surface area contributed by atoms with Gasteiger partial charge in [-0.05, 0) is 34.5 Å². The Morgan fingerprint density at radius 2 is 2.05 bits per heavy atom. The molecule has 2 heteroatoms. The maximum absolute atomic E-state index is 2.56. The summed E-state index contributed by atoms with van der Waals surface area (Å²) in [6, 6.07) is 0. The minimum atomic E-state index is -1.31. The van der Waals surface area contributed by atoms with Crippen molar-refractivity contribution in [2.24, 2.45) is 11.8 Å². The number of rotatable bonds is 2. The van der Waals surface area contributed by atoms with Crippen LogP contribution < -0.4 is 0 Å². The van der Waals surface area contributed by atoms with Crippen LogP contribution in [0.2, 0.25) is 13.1 Å². The molecule has 1 atom stereocenters. The molecule has 2 aliphatic carbocycles. The second-order valence-corrected chi connectivity index (χ2v) is 12.2. The molecule has 1 saturated heterocycles. The minimum absolute atomic E-state index is 0.704. The average Bonchev–Trinajstić information content (AvgIpc) is 2.99. The maximum atomic E-state index is 2.56. The third-order valence-corrected chi connectivity index (χ3v) is 10.4. The quantitative estimate of drug-likeness (QED) is 0.633. The van der Waals surface area contributed by atoms with Crippen LogP contribution in [0, 0.1) is 11.8 Å². The number of allylic oxidation sites excluding steroid dienone is 10. The lowest BCUT2D eigenvalue weighted by Crippen LogP contribution is -2.49. The van der Waals surface area contributed by atoms with Crippen molar-refractivity contribution in [3.05, 3.63) is 55.7 Å². The topological polar surface area (TPSA) is 0 Å². The van der Waals surface area contributed by atoms with E-state index in [9.17, 15) is 0 Å². The molecule has 0 amide bonds. The molecule has 0 bridgehead atoms. The largest absolute Gasteiger partial charge is 0.107 e. The van der Waals surface area contributed by atoms with Gasteiger partial charge in [0.1, 0.15) is 8.07 Å². The molecule has 0 aromatic heterocycles. The van der Waals surface area contributed by atoms with E-state index in [1.54, 1.807) is 21.0 Å². The smallest absolute Gasteiger partial charge is 0.0982 e. The van der Waals surface area contributed by atoms with Crippen LogP contribution in [0.3, 0.4) is 0 Å². The second-order valence-electron chi connectivity index (χ2n) is 6.79. The fourth-order valence-electron chi connectivity index (χ4n) is 4.08. The van der Waals surface area contributed by atoms with E-state index in [1.807, 2.05) is 10.4 Å². The van der Waals surface area contributed by atoms with Crippen molar-refractivity contribution in [3.63, 3.8) is 0 Å². The molecule has 0 saturated carbocycles. The van der Waals surface area contributed by atoms with Crippen LogP contribution in [-0.4, -0.2) is 8.07 Å². The second kappa shape index (κ2) is 3.67. The molecule has 1 unspecified atom stereocenters. The highest BCUT2D eigenvalue weighted by Gasteiger charge is 2.58. The zero-order valence-corrected chi connectivity index (χ0v) is 13.9. The zero-order valence-electron chi connectivity index (χ0n) is 12.1. The van der Waals surface area contributed by atoms with Gasteiger partial charge in [0.05, 0.1) is 0 Å². The first kappa shape index (κ1) is 12.0. The van der Waals surface area contributed by atoms with E-state index < -0.39 is 8.07 Å².